The Balaban J connectivity index is 1.67. The fourth-order valence-corrected chi connectivity index (χ4v) is 3.92. The summed E-state index contributed by atoms with van der Waals surface area (Å²) in [6, 6.07) is 7.96. The molecule has 2 atom stereocenters. The molecule has 0 spiro atoms. The molecular weight excluding hydrogens is 278 g/mol. The first-order valence-corrected chi connectivity index (χ1v) is 8.06. The van der Waals surface area contributed by atoms with E-state index in [9.17, 15) is 5.11 Å². The second kappa shape index (κ2) is 5.53. The molecule has 0 fully saturated rings. The average Bonchev–Trinajstić information content (AvgIpc) is 2.83. The highest BCUT2D eigenvalue weighted by molar-refractivity contribution is 7.99. The number of thioether (sulfide) groups is 1. The zero-order valence-electron chi connectivity index (χ0n) is 10.6. The first-order chi connectivity index (χ1) is 9.22. The van der Waals surface area contributed by atoms with Gasteiger partial charge in [0.05, 0.1) is 11.1 Å². The van der Waals surface area contributed by atoms with Crippen LogP contribution in [0.4, 0.5) is 0 Å². The number of hydrogen-bond donors (Lipinski definition) is 1. The van der Waals surface area contributed by atoms with Crippen LogP contribution in [0.1, 0.15) is 10.7 Å². The molecule has 1 aliphatic heterocycles. The Bertz CT molecular complexity index is 570. The normalized spacial score (nSPS) is 19.6. The van der Waals surface area contributed by atoms with Gasteiger partial charge in [-0.05, 0) is 19.1 Å². The van der Waals surface area contributed by atoms with Crippen LogP contribution < -0.4 is 4.74 Å². The summed E-state index contributed by atoms with van der Waals surface area (Å²) < 4.78 is 5.88. The molecule has 0 saturated carbocycles. The van der Waals surface area contributed by atoms with Crippen molar-refractivity contribution in [3.63, 3.8) is 0 Å². The number of benzene rings is 1. The van der Waals surface area contributed by atoms with E-state index in [-0.39, 0.29) is 6.10 Å². The van der Waals surface area contributed by atoms with Gasteiger partial charge in [0.15, 0.2) is 0 Å². The maximum atomic E-state index is 10.3. The lowest BCUT2D eigenvalue weighted by Crippen LogP contribution is -2.37. The first-order valence-electron chi connectivity index (χ1n) is 6.20. The topological polar surface area (TPSA) is 42.4 Å². The smallest absolute Gasteiger partial charge is 0.134 e. The predicted molar refractivity (Wildman–Crippen MR) is 78.1 cm³/mol. The van der Waals surface area contributed by atoms with E-state index in [0.717, 1.165) is 27.1 Å². The third-order valence-electron chi connectivity index (χ3n) is 3.01. The zero-order valence-corrected chi connectivity index (χ0v) is 12.2. The molecule has 0 bridgehead atoms. The van der Waals surface area contributed by atoms with Gasteiger partial charge in [-0.2, -0.15) is 0 Å². The Morgan fingerprint density at radius 1 is 1.47 bits per heavy atom. The van der Waals surface area contributed by atoms with Crippen molar-refractivity contribution in [2.75, 3.05) is 5.75 Å². The summed E-state index contributed by atoms with van der Waals surface area (Å²) in [7, 11) is 0. The lowest BCUT2D eigenvalue weighted by Gasteiger charge is -2.28. The quantitative estimate of drug-likeness (QED) is 0.945. The molecule has 1 aliphatic rings. The fourth-order valence-electron chi connectivity index (χ4n) is 2.03. The summed E-state index contributed by atoms with van der Waals surface area (Å²) in [4.78, 5) is 5.54. The third-order valence-corrected chi connectivity index (χ3v) is 5.14. The van der Waals surface area contributed by atoms with E-state index in [1.165, 1.54) is 0 Å². The monoisotopic (exact) mass is 293 g/mol. The molecular formula is C14H15NO2S2. The highest BCUT2D eigenvalue weighted by Gasteiger charge is 2.27. The molecule has 3 rings (SSSR count). The van der Waals surface area contributed by atoms with Gasteiger partial charge in [0.25, 0.3) is 0 Å². The number of aliphatic hydroxyl groups is 1. The summed E-state index contributed by atoms with van der Waals surface area (Å²) in [6.45, 7) is 1.97. The van der Waals surface area contributed by atoms with E-state index in [4.69, 9.17) is 4.74 Å². The van der Waals surface area contributed by atoms with Crippen LogP contribution in [0.2, 0.25) is 0 Å². The molecule has 0 amide bonds. The molecule has 1 N–H and O–H groups in total. The van der Waals surface area contributed by atoms with Crippen LogP contribution in [-0.4, -0.2) is 28.1 Å². The van der Waals surface area contributed by atoms with E-state index in [0.29, 0.717) is 6.42 Å². The number of para-hydroxylation sites is 1. The predicted octanol–water partition coefficient (Wildman–Crippen LogP) is 2.91. The highest BCUT2D eigenvalue weighted by Crippen LogP contribution is 2.36. The number of fused-ring (bicyclic) bond motifs is 1. The van der Waals surface area contributed by atoms with Gasteiger partial charge in [-0.3, -0.25) is 0 Å². The van der Waals surface area contributed by atoms with Gasteiger partial charge in [-0.1, -0.05) is 12.1 Å². The molecule has 2 aromatic rings. The van der Waals surface area contributed by atoms with Crippen LogP contribution in [0.3, 0.4) is 0 Å². The van der Waals surface area contributed by atoms with Crippen molar-refractivity contribution >= 4 is 23.1 Å². The number of thiazole rings is 1. The molecule has 2 unspecified atom stereocenters. The van der Waals surface area contributed by atoms with Crippen LogP contribution >= 0.6 is 23.1 Å². The summed E-state index contributed by atoms with van der Waals surface area (Å²) in [6.07, 6.45) is -0.109. The van der Waals surface area contributed by atoms with Crippen LogP contribution in [0.25, 0.3) is 0 Å². The van der Waals surface area contributed by atoms with Gasteiger partial charge >= 0.3 is 0 Å². The third kappa shape index (κ3) is 2.94. The first kappa shape index (κ1) is 13.0. The summed E-state index contributed by atoms with van der Waals surface area (Å²) in [5, 5.41) is 13.3. The Morgan fingerprint density at radius 2 is 2.32 bits per heavy atom. The highest BCUT2D eigenvalue weighted by atomic mass is 32.2. The number of aryl methyl sites for hydroxylation is 1. The molecule has 2 heterocycles. The summed E-state index contributed by atoms with van der Waals surface area (Å²) in [5.41, 5.74) is 1.01. The van der Waals surface area contributed by atoms with E-state index in [1.807, 2.05) is 36.6 Å². The molecule has 5 heteroatoms. The largest absolute Gasteiger partial charge is 0.486 e. The van der Waals surface area contributed by atoms with Crippen LogP contribution in [0, 0.1) is 6.92 Å². The second-order valence-electron chi connectivity index (χ2n) is 4.57. The molecule has 3 nitrogen and oxygen atoms in total. The van der Waals surface area contributed by atoms with E-state index in [2.05, 4.69) is 4.98 Å². The maximum absolute atomic E-state index is 10.3. The number of ether oxygens (including phenoxy) is 1. The van der Waals surface area contributed by atoms with Crippen LogP contribution in [0.5, 0.6) is 5.75 Å². The minimum atomic E-state index is -0.508. The Labute approximate surface area is 120 Å². The van der Waals surface area contributed by atoms with Gasteiger partial charge in [-0.15, -0.1) is 23.1 Å². The number of nitrogens with zero attached hydrogens (tertiary/aromatic N) is 1. The van der Waals surface area contributed by atoms with Gasteiger partial charge < -0.3 is 9.84 Å². The summed E-state index contributed by atoms with van der Waals surface area (Å²) in [5.74, 6) is 1.65. The van der Waals surface area contributed by atoms with Gasteiger partial charge in [0, 0.05) is 28.1 Å². The molecule has 0 aliphatic carbocycles. The Hall–Kier alpha value is -1.04. The molecule has 0 radical (unpaired) electrons. The molecule has 19 heavy (non-hydrogen) atoms. The summed E-state index contributed by atoms with van der Waals surface area (Å²) >= 11 is 3.33. The van der Waals surface area contributed by atoms with Crippen molar-refractivity contribution in [2.45, 2.75) is 30.4 Å². The van der Waals surface area contributed by atoms with Gasteiger partial charge in [-0.25, -0.2) is 4.98 Å². The maximum Gasteiger partial charge on any atom is 0.134 e. The van der Waals surface area contributed by atoms with E-state index >= 15 is 0 Å². The van der Waals surface area contributed by atoms with E-state index < -0.39 is 6.10 Å². The van der Waals surface area contributed by atoms with Crippen LogP contribution in [-0.2, 0) is 6.42 Å². The SMILES string of the molecule is Cc1csc(CC(O)C2CSc3ccccc3O2)n1. The van der Waals surface area contributed by atoms with Crippen molar-refractivity contribution in [1.29, 1.82) is 0 Å². The van der Waals surface area contributed by atoms with Crippen LogP contribution in [0.15, 0.2) is 34.5 Å². The van der Waals surface area contributed by atoms with Crippen molar-refractivity contribution < 1.29 is 9.84 Å². The van der Waals surface area contributed by atoms with Crippen molar-refractivity contribution in [3.8, 4) is 5.75 Å². The Morgan fingerprint density at radius 3 is 3.11 bits per heavy atom. The number of rotatable bonds is 3. The number of hydrogen-bond acceptors (Lipinski definition) is 5. The van der Waals surface area contributed by atoms with Crippen molar-refractivity contribution in [1.82, 2.24) is 4.98 Å². The zero-order chi connectivity index (χ0) is 13.2. The van der Waals surface area contributed by atoms with Gasteiger partial charge in [0.2, 0.25) is 0 Å². The second-order valence-corrected chi connectivity index (χ2v) is 6.57. The molecule has 1 aromatic carbocycles. The minimum absolute atomic E-state index is 0.163. The standard InChI is InChI=1S/C14H15NO2S2/c1-9-7-19-14(15-9)6-10(16)12-8-18-13-5-3-2-4-11(13)17-12/h2-5,7,10,12,16H,6,8H2,1H3. The Kier molecular flexibility index (Phi) is 3.77. The fraction of sp³-hybridized carbons (Fsp3) is 0.357. The van der Waals surface area contributed by atoms with Gasteiger partial charge in [0.1, 0.15) is 11.9 Å². The number of aliphatic hydroxyl groups excluding tert-OH is 1. The minimum Gasteiger partial charge on any atom is -0.486 e. The van der Waals surface area contributed by atoms with Crippen molar-refractivity contribution in [2.24, 2.45) is 0 Å². The average molecular weight is 293 g/mol. The molecule has 0 saturated heterocycles. The molecule has 100 valence electrons. The van der Waals surface area contributed by atoms with E-state index in [1.54, 1.807) is 23.1 Å². The lowest BCUT2D eigenvalue weighted by atomic mass is 10.1. The lowest BCUT2D eigenvalue weighted by molar-refractivity contribution is 0.0468. The number of aromatic nitrogens is 1. The molecule has 1 aromatic heterocycles. The van der Waals surface area contributed by atoms with Crippen molar-refractivity contribution in [3.05, 3.63) is 40.3 Å².